The molecule has 4 heteroatoms. The van der Waals surface area contributed by atoms with Crippen molar-refractivity contribution in [2.45, 2.75) is 18.2 Å². The van der Waals surface area contributed by atoms with Crippen molar-refractivity contribution < 1.29 is 0 Å². The van der Waals surface area contributed by atoms with Crippen molar-refractivity contribution in [3.05, 3.63) is 4.91 Å². The van der Waals surface area contributed by atoms with E-state index in [1.54, 1.807) is 0 Å². The highest BCUT2D eigenvalue weighted by Crippen LogP contribution is 2.14. The first-order valence-electron chi connectivity index (χ1n) is 3.05. The van der Waals surface area contributed by atoms with Crippen LogP contribution in [-0.4, -0.2) is 23.5 Å². The minimum Gasteiger partial charge on any atom is -0.259 e. The molecular formula is C5H9ClN2O. The molecule has 0 aliphatic carbocycles. The second kappa shape index (κ2) is 3.01. The minimum atomic E-state index is 0.122. The third-order valence-corrected chi connectivity index (χ3v) is 1.81. The average molecular weight is 149 g/mol. The Kier molecular flexibility index (Phi) is 2.28. The predicted octanol–water partition coefficient (Wildman–Crippen LogP) is 1.37. The van der Waals surface area contributed by atoms with Crippen LogP contribution in [-0.2, 0) is 0 Å². The van der Waals surface area contributed by atoms with Crippen LogP contribution in [0, 0.1) is 4.91 Å². The molecule has 1 heterocycles. The van der Waals surface area contributed by atoms with Crippen molar-refractivity contribution in [2.24, 2.45) is 5.29 Å². The number of rotatable bonds is 1. The van der Waals surface area contributed by atoms with Crippen molar-refractivity contribution in [1.82, 2.24) is 5.01 Å². The summed E-state index contributed by atoms with van der Waals surface area (Å²) in [7, 11) is 0. The molecule has 0 bridgehead atoms. The maximum absolute atomic E-state index is 9.92. The first-order chi connectivity index (χ1) is 4.33. The van der Waals surface area contributed by atoms with Gasteiger partial charge in [-0.05, 0) is 12.8 Å². The lowest BCUT2D eigenvalue weighted by molar-refractivity contribution is 0.239. The topological polar surface area (TPSA) is 32.7 Å². The van der Waals surface area contributed by atoms with Crippen LogP contribution in [0.1, 0.15) is 12.8 Å². The summed E-state index contributed by atoms with van der Waals surface area (Å²) < 4.78 is 0. The van der Waals surface area contributed by atoms with E-state index in [4.69, 9.17) is 11.6 Å². The normalized spacial score (nSPS) is 28.1. The van der Waals surface area contributed by atoms with Gasteiger partial charge in [0.05, 0.1) is 17.2 Å². The van der Waals surface area contributed by atoms with Crippen LogP contribution < -0.4 is 0 Å². The third-order valence-electron chi connectivity index (χ3n) is 1.46. The molecule has 0 radical (unpaired) electrons. The monoisotopic (exact) mass is 148 g/mol. The molecule has 3 nitrogen and oxygen atoms in total. The molecule has 0 aromatic rings. The number of nitrogens with zero attached hydrogens (tertiary/aromatic N) is 2. The van der Waals surface area contributed by atoms with Gasteiger partial charge in [0, 0.05) is 6.54 Å². The molecule has 0 aromatic carbocycles. The molecule has 1 atom stereocenters. The number of hydrogen-bond donors (Lipinski definition) is 0. The fourth-order valence-electron chi connectivity index (χ4n) is 0.981. The fraction of sp³-hybridized carbons (Fsp3) is 1.00. The van der Waals surface area contributed by atoms with Gasteiger partial charge in [-0.2, -0.15) is 0 Å². The van der Waals surface area contributed by atoms with E-state index in [0.717, 1.165) is 19.4 Å². The van der Waals surface area contributed by atoms with Crippen LogP contribution in [0.4, 0.5) is 0 Å². The van der Waals surface area contributed by atoms with Gasteiger partial charge in [-0.25, -0.2) is 0 Å². The van der Waals surface area contributed by atoms with Crippen molar-refractivity contribution in [3.8, 4) is 0 Å². The maximum Gasteiger partial charge on any atom is 0.0556 e. The van der Waals surface area contributed by atoms with Crippen LogP contribution in [0.15, 0.2) is 5.29 Å². The molecule has 0 spiro atoms. The first kappa shape index (κ1) is 6.81. The molecule has 0 saturated carbocycles. The van der Waals surface area contributed by atoms with E-state index in [-0.39, 0.29) is 5.38 Å². The molecule has 0 N–H and O–H groups in total. The zero-order chi connectivity index (χ0) is 6.69. The Bertz CT molecular complexity index is 109. The van der Waals surface area contributed by atoms with Gasteiger partial charge in [-0.15, -0.1) is 16.5 Å². The standard InChI is InChI=1S/C5H9ClN2O/c6-5-2-1-3-8(4-5)7-9/h5H,1-4H2. The first-order valence-corrected chi connectivity index (χ1v) is 3.49. The fourth-order valence-corrected chi connectivity index (χ4v) is 1.29. The van der Waals surface area contributed by atoms with E-state index in [1.807, 2.05) is 0 Å². The molecule has 1 aliphatic heterocycles. The smallest absolute Gasteiger partial charge is 0.0556 e. The lowest BCUT2D eigenvalue weighted by Crippen LogP contribution is -2.31. The van der Waals surface area contributed by atoms with Gasteiger partial charge in [0.2, 0.25) is 0 Å². The van der Waals surface area contributed by atoms with Crippen LogP contribution in [0.25, 0.3) is 0 Å². The molecule has 52 valence electrons. The molecule has 0 aromatic heterocycles. The average Bonchev–Trinajstić information content (AvgIpc) is 1.88. The summed E-state index contributed by atoms with van der Waals surface area (Å²) in [5.41, 5.74) is 0. The summed E-state index contributed by atoms with van der Waals surface area (Å²) in [5.74, 6) is 0. The quantitative estimate of drug-likeness (QED) is 0.416. The van der Waals surface area contributed by atoms with Crippen molar-refractivity contribution >= 4 is 11.6 Å². The molecule has 1 saturated heterocycles. The van der Waals surface area contributed by atoms with E-state index in [1.165, 1.54) is 5.01 Å². The van der Waals surface area contributed by atoms with Crippen LogP contribution in [0.3, 0.4) is 0 Å². The molecule has 1 aliphatic rings. The van der Waals surface area contributed by atoms with Crippen molar-refractivity contribution in [3.63, 3.8) is 0 Å². The van der Waals surface area contributed by atoms with Crippen molar-refractivity contribution in [2.75, 3.05) is 13.1 Å². The lowest BCUT2D eigenvalue weighted by atomic mass is 10.2. The number of nitroso groups, excluding NO2 is 1. The van der Waals surface area contributed by atoms with Gasteiger partial charge in [0.25, 0.3) is 0 Å². The van der Waals surface area contributed by atoms with Gasteiger partial charge >= 0.3 is 0 Å². The van der Waals surface area contributed by atoms with E-state index >= 15 is 0 Å². The molecule has 1 unspecified atom stereocenters. The molecule has 9 heavy (non-hydrogen) atoms. The summed E-state index contributed by atoms with van der Waals surface area (Å²) in [6.45, 7) is 1.39. The van der Waals surface area contributed by atoms with Gasteiger partial charge in [0.1, 0.15) is 0 Å². The van der Waals surface area contributed by atoms with E-state index in [0.29, 0.717) is 6.54 Å². The zero-order valence-corrected chi connectivity index (χ0v) is 5.84. The SMILES string of the molecule is O=NN1CCCC(Cl)C1. The highest BCUT2D eigenvalue weighted by Gasteiger charge is 2.16. The highest BCUT2D eigenvalue weighted by atomic mass is 35.5. The Morgan fingerprint density at radius 1 is 1.67 bits per heavy atom. The maximum atomic E-state index is 9.92. The minimum absolute atomic E-state index is 0.122. The highest BCUT2D eigenvalue weighted by molar-refractivity contribution is 6.20. The number of hydrogen-bond acceptors (Lipinski definition) is 2. The van der Waals surface area contributed by atoms with E-state index in [2.05, 4.69) is 5.29 Å². The van der Waals surface area contributed by atoms with E-state index in [9.17, 15) is 4.91 Å². The Hall–Kier alpha value is -0.310. The largest absolute Gasteiger partial charge is 0.259 e. The summed E-state index contributed by atoms with van der Waals surface area (Å²) in [4.78, 5) is 9.92. The number of alkyl halides is 1. The Labute approximate surface area is 58.9 Å². The summed E-state index contributed by atoms with van der Waals surface area (Å²) in [5, 5.41) is 4.39. The van der Waals surface area contributed by atoms with Gasteiger partial charge in [-0.1, -0.05) is 0 Å². The zero-order valence-electron chi connectivity index (χ0n) is 5.09. The summed E-state index contributed by atoms with van der Waals surface area (Å²) >= 11 is 5.75. The van der Waals surface area contributed by atoms with Crippen LogP contribution in [0.5, 0.6) is 0 Å². The number of halogens is 1. The van der Waals surface area contributed by atoms with Crippen LogP contribution in [0.2, 0.25) is 0 Å². The van der Waals surface area contributed by atoms with Crippen LogP contribution >= 0.6 is 11.6 Å². The third kappa shape index (κ3) is 1.82. The summed E-state index contributed by atoms with van der Waals surface area (Å²) in [6.07, 6.45) is 1.99. The Morgan fingerprint density at radius 3 is 2.89 bits per heavy atom. The van der Waals surface area contributed by atoms with Gasteiger partial charge in [-0.3, -0.25) is 5.01 Å². The van der Waals surface area contributed by atoms with Gasteiger partial charge in [0.15, 0.2) is 0 Å². The predicted molar refractivity (Wildman–Crippen MR) is 36.2 cm³/mol. The lowest BCUT2D eigenvalue weighted by Gasteiger charge is -2.23. The molecule has 1 rings (SSSR count). The Balaban J connectivity index is 2.31. The molecular weight excluding hydrogens is 140 g/mol. The molecule has 0 amide bonds. The molecule has 1 fully saturated rings. The van der Waals surface area contributed by atoms with Gasteiger partial charge < -0.3 is 0 Å². The summed E-state index contributed by atoms with van der Waals surface area (Å²) in [6, 6.07) is 0. The second-order valence-electron chi connectivity index (χ2n) is 2.23. The second-order valence-corrected chi connectivity index (χ2v) is 2.85. The Morgan fingerprint density at radius 2 is 2.44 bits per heavy atom. The van der Waals surface area contributed by atoms with E-state index < -0.39 is 0 Å². The number of piperidine rings is 1. The van der Waals surface area contributed by atoms with Crippen molar-refractivity contribution in [1.29, 1.82) is 0 Å².